The van der Waals surface area contributed by atoms with Crippen molar-refractivity contribution in [3.8, 4) is 11.1 Å². The highest BCUT2D eigenvalue weighted by atomic mass is 16.3. The third-order valence-electron chi connectivity index (χ3n) is 7.90. The van der Waals surface area contributed by atoms with Crippen molar-refractivity contribution in [3.05, 3.63) is 120 Å². The lowest BCUT2D eigenvalue weighted by molar-refractivity contribution is -0.960. The summed E-state index contributed by atoms with van der Waals surface area (Å²) in [6, 6.07) is 36.8. The Balaban J connectivity index is 1.58. The Morgan fingerprint density at radius 2 is 1.29 bits per heavy atom. The minimum atomic E-state index is -0.530. The van der Waals surface area contributed by atoms with E-state index in [2.05, 4.69) is 86.8 Å². The van der Waals surface area contributed by atoms with Gasteiger partial charge in [-0.2, -0.15) is 0 Å². The van der Waals surface area contributed by atoms with Gasteiger partial charge in [0, 0.05) is 11.1 Å². The van der Waals surface area contributed by atoms with Gasteiger partial charge in [-0.25, -0.2) is 0 Å². The van der Waals surface area contributed by atoms with Crippen LogP contribution in [0.25, 0.3) is 32.7 Å². The van der Waals surface area contributed by atoms with E-state index in [1.807, 2.05) is 30.3 Å². The Morgan fingerprint density at radius 3 is 2.06 bits per heavy atom. The Kier molecular flexibility index (Phi) is 5.02. The van der Waals surface area contributed by atoms with Gasteiger partial charge in [0.05, 0.1) is 7.05 Å². The molecule has 0 saturated heterocycles. The molecule has 1 aliphatic rings. The number of aliphatic hydroxyl groups is 1. The highest BCUT2D eigenvalue weighted by Gasteiger charge is 2.39. The zero-order chi connectivity index (χ0) is 23.3. The monoisotopic (exact) mass is 444 g/mol. The zero-order valence-corrected chi connectivity index (χ0v) is 19.8. The molecule has 1 aliphatic heterocycles. The fraction of sp³-hybridized carbons (Fsp3) is 0.188. The molecule has 0 saturated carbocycles. The van der Waals surface area contributed by atoms with Crippen LogP contribution in [-0.4, -0.2) is 22.7 Å². The van der Waals surface area contributed by atoms with E-state index in [9.17, 15) is 5.11 Å². The predicted octanol–water partition coefficient (Wildman–Crippen LogP) is 7.24. The summed E-state index contributed by atoms with van der Waals surface area (Å²) in [4.78, 5) is 0. The molecular formula is C32H30NO+. The molecule has 0 fully saturated rings. The molecule has 0 aliphatic carbocycles. The molecule has 34 heavy (non-hydrogen) atoms. The first-order chi connectivity index (χ1) is 16.5. The number of aliphatic hydroxyl groups excluding tert-OH is 1. The van der Waals surface area contributed by atoms with E-state index in [0.717, 1.165) is 23.1 Å². The van der Waals surface area contributed by atoms with Crippen molar-refractivity contribution in [2.24, 2.45) is 0 Å². The number of likely N-dealkylation sites (N-methyl/N-ethyl adjacent to an activating group) is 1. The highest BCUT2D eigenvalue weighted by Crippen LogP contribution is 2.43. The van der Waals surface area contributed by atoms with Gasteiger partial charge in [-0.3, -0.25) is 0 Å². The second-order valence-electron chi connectivity index (χ2n) is 10.1. The lowest BCUT2D eigenvalue weighted by atomic mass is 9.90. The van der Waals surface area contributed by atoms with E-state index < -0.39 is 6.10 Å². The third kappa shape index (κ3) is 3.42. The van der Waals surface area contributed by atoms with Crippen LogP contribution in [0.5, 0.6) is 0 Å². The van der Waals surface area contributed by atoms with Crippen LogP contribution in [0.2, 0.25) is 0 Å². The molecule has 0 radical (unpaired) electrons. The molecule has 168 valence electrons. The Bertz CT molecular complexity index is 1510. The van der Waals surface area contributed by atoms with Crippen LogP contribution in [0.4, 0.5) is 0 Å². The van der Waals surface area contributed by atoms with Gasteiger partial charge >= 0.3 is 0 Å². The topological polar surface area (TPSA) is 20.2 Å². The Hall–Kier alpha value is -3.46. The number of fused-ring (bicyclic) bond motifs is 6. The average molecular weight is 445 g/mol. The second-order valence-corrected chi connectivity index (χ2v) is 10.1. The van der Waals surface area contributed by atoms with Crippen molar-refractivity contribution in [1.29, 1.82) is 0 Å². The first-order valence-electron chi connectivity index (χ1n) is 12.1. The molecule has 0 aromatic heterocycles. The summed E-state index contributed by atoms with van der Waals surface area (Å²) in [6.45, 7) is 3.94. The van der Waals surface area contributed by atoms with E-state index in [4.69, 9.17) is 0 Å². The fourth-order valence-electron chi connectivity index (χ4n) is 5.81. The van der Waals surface area contributed by atoms with Gasteiger partial charge in [-0.1, -0.05) is 91.0 Å². The molecular weight excluding hydrogens is 414 g/mol. The minimum Gasteiger partial charge on any atom is -0.382 e. The summed E-state index contributed by atoms with van der Waals surface area (Å²) >= 11 is 0. The molecule has 0 amide bonds. The second kappa shape index (κ2) is 8.09. The molecule has 2 nitrogen and oxygen atoms in total. The third-order valence-corrected chi connectivity index (χ3v) is 7.90. The number of benzene rings is 5. The van der Waals surface area contributed by atoms with E-state index in [1.165, 1.54) is 43.8 Å². The van der Waals surface area contributed by atoms with Gasteiger partial charge in [-0.15, -0.1) is 0 Å². The van der Waals surface area contributed by atoms with Gasteiger partial charge in [0.25, 0.3) is 0 Å². The van der Waals surface area contributed by atoms with Crippen LogP contribution < -0.4 is 0 Å². The summed E-state index contributed by atoms with van der Waals surface area (Å²) in [6.07, 6.45) is -0.530. The minimum absolute atomic E-state index is 0.0270. The van der Waals surface area contributed by atoms with Crippen molar-refractivity contribution in [2.75, 3.05) is 7.05 Å². The lowest BCUT2D eigenvalue weighted by Crippen LogP contribution is -2.51. The summed E-state index contributed by atoms with van der Waals surface area (Å²) in [5.74, 6) is 0. The zero-order valence-electron chi connectivity index (χ0n) is 19.8. The SMILES string of the molecule is C[C@@H]([C@H](O)c1ccccc1)[N+]1(C)Cc2cc3ccccc3cc2-c2c(ccc3ccccc23)C1. The standard InChI is InChI=1S/C32H30NO/c1-22(32(34)24-11-4-3-5-12-24)33(2)20-27-17-16-23-10-8-9-15-29(23)31(27)30-19-26-14-7-6-13-25(26)18-28(30)21-33/h3-19,22,32,34H,20-21H2,1-2H3/q+1/t22-,32-,33?/m0/s1. The number of hydrogen-bond donors (Lipinski definition) is 1. The Labute approximate surface area is 201 Å². The maximum Gasteiger partial charge on any atom is 0.130 e. The smallest absolute Gasteiger partial charge is 0.130 e. The molecule has 0 spiro atoms. The van der Waals surface area contributed by atoms with E-state index in [0.29, 0.717) is 0 Å². The van der Waals surface area contributed by atoms with Crippen molar-refractivity contribution >= 4 is 21.5 Å². The normalized spacial score (nSPS) is 19.3. The van der Waals surface area contributed by atoms with E-state index >= 15 is 0 Å². The van der Waals surface area contributed by atoms with Crippen molar-refractivity contribution < 1.29 is 9.59 Å². The van der Waals surface area contributed by atoms with Crippen molar-refractivity contribution in [2.45, 2.75) is 32.2 Å². The van der Waals surface area contributed by atoms with Gasteiger partial charge in [0.1, 0.15) is 25.2 Å². The molecule has 3 atom stereocenters. The number of quaternary nitrogens is 1. The van der Waals surface area contributed by atoms with Crippen LogP contribution in [0.3, 0.4) is 0 Å². The molecule has 1 N–H and O–H groups in total. The van der Waals surface area contributed by atoms with Gasteiger partial charge in [0.15, 0.2) is 0 Å². The fourth-order valence-corrected chi connectivity index (χ4v) is 5.81. The summed E-state index contributed by atoms with van der Waals surface area (Å²) in [5.41, 5.74) is 6.36. The van der Waals surface area contributed by atoms with Gasteiger partial charge < -0.3 is 9.59 Å². The number of hydrogen-bond acceptors (Lipinski definition) is 1. The number of nitrogens with zero attached hydrogens (tertiary/aromatic N) is 1. The van der Waals surface area contributed by atoms with Crippen LogP contribution >= 0.6 is 0 Å². The summed E-state index contributed by atoms with van der Waals surface area (Å²) in [7, 11) is 2.31. The van der Waals surface area contributed by atoms with Crippen LogP contribution in [0.1, 0.15) is 29.7 Å². The Morgan fingerprint density at radius 1 is 0.676 bits per heavy atom. The van der Waals surface area contributed by atoms with Gasteiger partial charge in [0.2, 0.25) is 0 Å². The first kappa shape index (κ1) is 21.1. The summed E-state index contributed by atoms with van der Waals surface area (Å²) < 4.78 is 0.743. The predicted molar refractivity (Wildman–Crippen MR) is 141 cm³/mol. The molecule has 5 aromatic carbocycles. The van der Waals surface area contributed by atoms with Gasteiger partial charge in [-0.05, 0) is 57.3 Å². The van der Waals surface area contributed by atoms with E-state index in [1.54, 1.807) is 0 Å². The lowest BCUT2D eigenvalue weighted by Gasteiger charge is -2.42. The quantitative estimate of drug-likeness (QED) is 0.291. The summed E-state index contributed by atoms with van der Waals surface area (Å²) in [5, 5.41) is 16.5. The molecule has 0 bridgehead atoms. The molecule has 5 aromatic rings. The van der Waals surface area contributed by atoms with Crippen LogP contribution in [0.15, 0.2) is 103 Å². The van der Waals surface area contributed by atoms with E-state index in [-0.39, 0.29) is 6.04 Å². The molecule has 1 unspecified atom stereocenters. The van der Waals surface area contributed by atoms with Crippen molar-refractivity contribution in [3.63, 3.8) is 0 Å². The average Bonchev–Trinajstić information content (AvgIpc) is 3.00. The molecule has 2 heteroatoms. The maximum absolute atomic E-state index is 11.4. The number of rotatable bonds is 3. The maximum atomic E-state index is 11.4. The first-order valence-corrected chi connectivity index (χ1v) is 12.1. The van der Waals surface area contributed by atoms with Crippen LogP contribution in [0, 0.1) is 0 Å². The highest BCUT2D eigenvalue weighted by molar-refractivity contribution is 6.01. The molecule has 1 heterocycles. The largest absolute Gasteiger partial charge is 0.382 e. The van der Waals surface area contributed by atoms with Crippen LogP contribution in [-0.2, 0) is 13.1 Å². The van der Waals surface area contributed by atoms with Crippen molar-refractivity contribution in [1.82, 2.24) is 0 Å². The molecule has 6 rings (SSSR count).